The number of rotatable bonds is 7. The molecule has 2 N–H and O–H groups in total. The summed E-state index contributed by atoms with van der Waals surface area (Å²) in [7, 11) is 0. The Kier molecular flexibility index (Phi) is 5.46. The Bertz CT molecular complexity index is 1140. The summed E-state index contributed by atoms with van der Waals surface area (Å²) in [5.41, 5.74) is 2.88. The Labute approximate surface area is 172 Å². The summed E-state index contributed by atoms with van der Waals surface area (Å²) in [4.78, 5) is 16.2. The minimum absolute atomic E-state index is 0.211. The number of nitrogens with zero attached hydrogens (tertiary/aromatic N) is 6. The van der Waals surface area contributed by atoms with Crippen molar-refractivity contribution in [2.75, 3.05) is 18.4 Å². The Morgan fingerprint density at radius 1 is 1.13 bits per heavy atom. The number of carbonyl (C=O) groups excluding carboxylic acids is 1. The third-order valence-electron chi connectivity index (χ3n) is 4.28. The van der Waals surface area contributed by atoms with Crippen LogP contribution in [0.3, 0.4) is 0 Å². The third-order valence-corrected chi connectivity index (χ3v) is 4.28. The van der Waals surface area contributed by atoms with Crippen molar-refractivity contribution in [2.45, 2.75) is 13.8 Å². The first-order valence-electron chi connectivity index (χ1n) is 9.37. The van der Waals surface area contributed by atoms with E-state index >= 15 is 0 Å². The highest BCUT2D eigenvalue weighted by atomic mass is 16.5. The van der Waals surface area contributed by atoms with Crippen LogP contribution >= 0.6 is 0 Å². The molecule has 4 aromatic heterocycles. The number of anilines is 1. The van der Waals surface area contributed by atoms with Gasteiger partial charge in [0.05, 0.1) is 5.69 Å². The summed E-state index contributed by atoms with van der Waals surface area (Å²) in [5, 5.41) is 22.4. The molecule has 4 aromatic rings. The van der Waals surface area contributed by atoms with Gasteiger partial charge in [-0.2, -0.15) is 5.10 Å². The van der Waals surface area contributed by atoms with Crippen LogP contribution in [0.25, 0.3) is 17.1 Å². The van der Waals surface area contributed by atoms with E-state index in [4.69, 9.17) is 4.52 Å². The predicted molar refractivity (Wildman–Crippen MR) is 109 cm³/mol. The second-order valence-corrected chi connectivity index (χ2v) is 6.62. The maximum Gasteiger partial charge on any atom is 0.273 e. The SMILES string of the molecule is Cc1cc(C)n(-c2ccc(NCCNC(=O)c3cc(-c4cccnc4)on3)nn2)n1. The van der Waals surface area contributed by atoms with E-state index in [0.29, 0.717) is 30.5 Å². The number of aryl methyl sites for hydroxylation is 2. The molecule has 0 aliphatic rings. The zero-order valence-electron chi connectivity index (χ0n) is 16.5. The topological polar surface area (TPSA) is 124 Å². The van der Waals surface area contributed by atoms with Gasteiger partial charge in [0.25, 0.3) is 5.91 Å². The Morgan fingerprint density at radius 3 is 2.73 bits per heavy atom. The summed E-state index contributed by atoms with van der Waals surface area (Å²) in [6.07, 6.45) is 3.31. The van der Waals surface area contributed by atoms with Crippen LogP contribution in [0.4, 0.5) is 5.82 Å². The van der Waals surface area contributed by atoms with Crippen molar-refractivity contribution in [2.24, 2.45) is 0 Å². The summed E-state index contributed by atoms with van der Waals surface area (Å²) in [6, 6.07) is 10.8. The van der Waals surface area contributed by atoms with Gasteiger partial charge in [0, 0.05) is 42.8 Å². The fourth-order valence-electron chi connectivity index (χ4n) is 2.88. The number of aromatic nitrogens is 6. The standard InChI is InChI=1S/C20H20N8O2/c1-13-10-14(2)28(26-13)19-6-5-18(24-25-19)22-8-9-23-20(29)16-11-17(30-27-16)15-4-3-7-21-12-15/h3-7,10-12H,8-9H2,1-2H3,(H,22,24)(H,23,29). The van der Waals surface area contributed by atoms with Gasteiger partial charge in [0.15, 0.2) is 17.3 Å². The van der Waals surface area contributed by atoms with Crippen molar-refractivity contribution < 1.29 is 9.32 Å². The number of hydrogen-bond acceptors (Lipinski definition) is 8. The van der Waals surface area contributed by atoms with E-state index in [2.05, 4.69) is 36.1 Å². The largest absolute Gasteiger partial charge is 0.367 e. The normalized spacial score (nSPS) is 10.7. The first-order chi connectivity index (χ1) is 14.6. The molecule has 0 radical (unpaired) electrons. The lowest BCUT2D eigenvalue weighted by molar-refractivity contribution is 0.0946. The second-order valence-electron chi connectivity index (χ2n) is 6.62. The molecule has 0 atom stereocenters. The van der Waals surface area contributed by atoms with Crippen molar-refractivity contribution in [3.05, 3.63) is 65.9 Å². The van der Waals surface area contributed by atoms with Crippen molar-refractivity contribution in [1.29, 1.82) is 0 Å². The van der Waals surface area contributed by atoms with Crippen molar-refractivity contribution in [3.63, 3.8) is 0 Å². The molecular formula is C20H20N8O2. The molecule has 0 aliphatic heterocycles. The Balaban J connectivity index is 1.26. The smallest absolute Gasteiger partial charge is 0.273 e. The number of pyridine rings is 1. The summed E-state index contributed by atoms with van der Waals surface area (Å²) >= 11 is 0. The van der Waals surface area contributed by atoms with E-state index in [1.54, 1.807) is 29.2 Å². The number of hydrogen-bond donors (Lipinski definition) is 2. The van der Waals surface area contributed by atoms with Gasteiger partial charge in [-0.05, 0) is 44.2 Å². The molecule has 10 heteroatoms. The van der Waals surface area contributed by atoms with Crippen molar-refractivity contribution >= 4 is 11.7 Å². The van der Waals surface area contributed by atoms with Crippen LogP contribution in [-0.2, 0) is 0 Å². The monoisotopic (exact) mass is 404 g/mol. The van der Waals surface area contributed by atoms with Crippen LogP contribution in [0, 0.1) is 13.8 Å². The molecule has 10 nitrogen and oxygen atoms in total. The molecule has 0 aromatic carbocycles. The van der Waals surface area contributed by atoms with Crippen LogP contribution in [0.2, 0.25) is 0 Å². The molecule has 0 saturated carbocycles. The molecular weight excluding hydrogens is 384 g/mol. The zero-order valence-corrected chi connectivity index (χ0v) is 16.5. The predicted octanol–water partition coefficient (Wildman–Crippen LogP) is 2.17. The molecule has 4 heterocycles. The maximum atomic E-state index is 12.2. The van der Waals surface area contributed by atoms with E-state index in [-0.39, 0.29) is 11.6 Å². The van der Waals surface area contributed by atoms with Crippen LogP contribution in [-0.4, -0.2) is 49.1 Å². The lowest BCUT2D eigenvalue weighted by Gasteiger charge is -2.07. The van der Waals surface area contributed by atoms with Gasteiger partial charge in [-0.3, -0.25) is 9.78 Å². The number of amides is 1. The zero-order chi connectivity index (χ0) is 20.9. The van der Waals surface area contributed by atoms with Crippen LogP contribution in [0.5, 0.6) is 0 Å². The van der Waals surface area contributed by atoms with Gasteiger partial charge in [0.2, 0.25) is 0 Å². The number of carbonyl (C=O) groups is 1. The average Bonchev–Trinajstić information content (AvgIpc) is 3.39. The molecule has 152 valence electrons. The van der Waals surface area contributed by atoms with Gasteiger partial charge in [0.1, 0.15) is 5.82 Å². The van der Waals surface area contributed by atoms with E-state index < -0.39 is 0 Å². The lowest BCUT2D eigenvalue weighted by atomic mass is 10.2. The fraction of sp³-hybridized carbons (Fsp3) is 0.200. The second kappa shape index (κ2) is 8.52. The first kappa shape index (κ1) is 19.2. The molecule has 0 saturated heterocycles. The highest BCUT2D eigenvalue weighted by Crippen LogP contribution is 2.18. The molecule has 0 unspecified atom stereocenters. The van der Waals surface area contributed by atoms with Crippen LogP contribution in [0.15, 0.2) is 53.3 Å². The molecule has 0 fully saturated rings. The summed E-state index contributed by atoms with van der Waals surface area (Å²) < 4.78 is 6.95. The molecule has 30 heavy (non-hydrogen) atoms. The summed E-state index contributed by atoms with van der Waals surface area (Å²) in [5.74, 6) is 1.43. The molecule has 0 bridgehead atoms. The van der Waals surface area contributed by atoms with Gasteiger partial charge in [-0.1, -0.05) is 5.16 Å². The molecule has 1 amide bonds. The Morgan fingerprint density at radius 2 is 2.03 bits per heavy atom. The van der Waals surface area contributed by atoms with E-state index in [0.717, 1.165) is 17.0 Å². The van der Waals surface area contributed by atoms with Gasteiger partial charge < -0.3 is 15.2 Å². The lowest BCUT2D eigenvalue weighted by Crippen LogP contribution is -2.29. The van der Waals surface area contributed by atoms with Gasteiger partial charge >= 0.3 is 0 Å². The number of nitrogens with one attached hydrogen (secondary N) is 2. The van der Waals surface area contributed by atoms with Gasteiger partial charge in [-0.15, -0.1) is 10.2 Å². The highest BCUT2D eigenvalue weighted by Gasteiger charge is 2.13. The average molecular weight is 404 g/mol. The molecule has 0 spiro atoms. The van der Waals surface area contributed by atoms with E-state index in [1.165, 1.54) is 0 Å². The summed E-state index contributed by atoms with van der Waals surface area (Å²) in [6.45, 7) is 4.76. The minimum atomic E-state index is -0.318. The minimum Gasteiger partial charge on any atom is -0.367 e. The van der Waals surface area contributed by atoms with E-state index in [1.807, 2.05) is 38.1 Å². The maximum absolute atomic E-state index is 12.2. The highest BCUT2D eigenvalue weighted by molar-refractivity contribution is 5.93. The quantitative estimate of drug-likeness (QED) is 0.449. The van der Waals surface area contributed by atoms with Crippen LogP contribution < -0.4 is 10.6 Å². The van der Waals surface area contributed by atoms with Gasteiger partial charge in [-0.25, -0.2) is 4.68 Å². The van der Waals surface area contributed by atoms with Crippen LogP contribution in [0.1, 0.15) is 21.9 Å². The van der Waals surface area contributed by atoms with Crippen molar-refractivity contribution in [1.82, 2.24) is 35.4 Å². The van der Waals surface area contributed by atoms with E-state index in [9.17, 15) is 4.79 Å². The third kappa shape index (κ3) is 4.32. The molecule has 4 rings (SSSR count). The fourth-order valence-corrected chi connectivity index (χ4v) is 2.88. The Hall–Kier alpha value is -4.08. The first-order valence-corrected chi connectivity index (χ1v) is 9.37. The molecule has 0 aliphatic carbocycles. The van der Waals surface area contributed by atoms with Crippen molar-refractivity contribution in [3.8, 4) is 17.1 Å².